The van der Waals surface area contributed by atoms with Crippen molar-refractivity contribution in [3.8, 4) is 0 Å². The van der Waals surface area contributed by atoms with Gasteiger partial charge in [0.15, 0.2) is 0 Å². The lowest BCUT2D eigenvalue weighted by atomic mass is 10.2. The van der Waals surface area contributed by atoms with Crippen LogP contribution in [0, 0.1) is 11.9 Å². The summed E-state index contributed by atoms with van der Waals surface area (Å²) in [7, 11) is 0. The van der Waals surface area contributed by atoms with E-state index in [4.69, 9.17) is 4.42 Å². The lowest BCUT2D eigenvalue weighted by molar-refractivity contribution is 0.102. The fourth-order valence-electron chi connectivity index (χ4n) is 1.51. The number of aryl methyl sites for hydroxylation is 1. The first kappa shape index (κ1) is 12.2. The van der Waals surface area contributed by atoms with Gasteiger partial charge < -0.3 is 9.73 Å². The Morgan fingerprint density at radius 3 is 2.83 bits per heavy atom. The molecular formula is C12H10F2N2O2. The van der Waals surface area contributed by atoms with E-state index in [9.17, 15) is 13.6 Å². The highest BCUT2D eigenvalue weighted by Gasteiger charge is 2.15. The van der Waals surface area contributed by atoms with E-state index in [-0.39, 0.29) is 5.69 Å². The fraction of sp³-hybridized carbons (Fsp3) is 0.167. The van der Waals surface area contributed by atoms with Crippen molar-refractivity contribution in [1.29, 1.82) is 0 Å². The number of halogens is 2. The number of hydrogen-bond acceptors (Lipinski definition) is 3. The normalized spacial score (nSPS) is 10.4. The van der Waals surface area contributed by atoms with Gasteiger partial charge in [0.1, 0.15) is 5.76 Å². The smallest absolute Gasteiger partial charge is 0.259 e. The van der Waals surface area contributed by atoms with Crippen molar-refractivity contribution in [3.63, 3.8) is 0 Å². The van der Waals surface area contributed by atoms with Gasteiger partial charge in [-0.05, 0) is 18.2 Å². The van der Waals surface area contributed by atoms with Crippen LogP contribution in [0.1, 0.15) is 23.0 Å². The maximum atomic E-state index is 13.2. The summed E-state index contributed by atoms with van der Waals surface area (Å²) < 4.78 is 30.9. The third-order valence-corrected chi connectivity index (χ3v) is 2.37. The molecular weight excluding hydrogens is 242 g/mol. The highest BCUT2D eigenvalue weighted by Crippen LogP contribution is 2.16. The first-order valence-corrected chi connectivity index (χ1v) is 5.31. The van der Waals surface area contributed by atoms with Crippen molar-refractivity contribution in [1.82, 2.24) is 4.98 Å². The van der Waals surface area contributed by atoms with Gasteiger partial charge in [-0.2, -0.15) is 13.8 Å². The molecule has 0 saturated heterocycles. The van der Waals surface area contributed by atoms with Crippen LogP contribution in [0.5, 0.6) is 0 Å². The number of pyridine rings is 1. The predicted molar refractivity (Wildman–Crippen MR) is 60.2 cm³/mol. The number of rotatable bonds is 3. The van der Waals surface area contributed by atoms with E-state index in [0.717, 1.165) is 12.1 Å². The minimum Gasteiger partial charge on any atom is -0.469 e. The largest absolute Gasteiger partial charge is 0.469 e. The molecule has 0 aliphatic rings. The molecule has 18 heavy (non-hydrogen) atoms. The summed E-state index contributed by atoms with van der Waals surface area (Å²) in [6, 6.07) is 3.57. The van der Waals surface area contributed by atoms with Crippen LogP contribution in [-0.2, 0) is 6.42 Å². The second kappa shape index (κ2) is 4.95. The molecule has 0 spiro atoms. The zero-order valence-electron chi connectivity index (χ0n) is 9.54. The third kappa shape index (κ3) is 2.37. The van der Waals surface area contributed by atoms with Crippen LogP contribution in [-0.4, -0.2) is 10.9 Å². The van der Waals surface area contributed by atoms with Crippen molar-refractivity contribution >= 4 is 11.6 Å². The predicted octanol–water partition coefficient (Wildman–Crippen LogP) is 2.77. The standard InChI is InChI=1S/C12H10F2N2O2/c1-2-9-7(5-6-18-9)12(17)15-8-3-4-10(13)16-11(8)14/h3-6H,2H2,1H3,(H,15,17). The van der Waals surface area contributed by atoms with Crippen molar-refractivity contribution < 1.29 is 18.0 Å². The molecule has 0 radical (unpaired) electrons. The summed E-state index contributed by atoms with van der Waals surface area (Å²) in [6.45, 7) is 1.83. The van der Waals surface area contributed by atoms with Gasteiger partial charge in [-0.3, -0.25) is 4.79 Å². The number of amides is 1. The Hall–Kier alpha value is -2.24. The topological polar surface area (TPSA) is 55.1 Å². The molecule has 0 unspecified atom stereocenters. The number of nitrogens with zero attached hydrogens (tertiary/aromatic N) is 1. The molecule has 1 N–H and O–H groups in total. The minimum absolute atomic E-state index is 0.176. The molecule has 0 aliphatic carbocycles. The number of aromatic nitrogens is 1. The Morgan fingerprint density at radius 2 is 2.17 bits per heavy atom. The highest BCUT2D eigenvalue weighted by atomic mass is 19.1. The van der Waals surface area contributed by atoms with Crippen LogP contribution >= 0.6 is 0 Å². The van der Waals surface area contributed by atoms with Crippen LogP contribution in [0.2, 0.25) is 0 Å². The molecule has 2 aromatic heterocycles. The lowest BCUT2D eigenvalue weighted by Gasteiger charge is -2.05. The summed E-state index contributed by atoms with van der Waals surface area (Å²) in [6.07, 6.45) is 1.92. The van der Waals surface area contributed by atoms with Gasteiger partial charge in [0.25, 0.3) is 5.91 Å². The molecule has 2 heterocycles. The molecule has 0 aromatic carbocycles. The van der Waals surface area contributed by atoms with E-state index in [1.54, 1.807) is 0 Å². The Morgan fingerprint density at radius 1 is 1.39 bits per heavy atom. The van der Waals surface area contributed by atoms with Gasteiger partial charge in [-0.15, -0.1) is 0 Å². The summed E-state index contributed by atoms with van der Waals surface area (Å²) in [5, 5.41) is 2.31. The van der Waals surface area contributed by atoms with E-state index in [1.807, 2.05) is 6.92 Å². The summed E-state index contributed by atoms with van der Waals surface area (Å²) in [4.78, 5) is 14.8. The van der Waals surface area contributed by atoms with E-state index < -0.39 is 17.8 Å². The highest BCUT2D eigenvalue weighted by molar-refractivity contribution is 6.04. The van der Waals surface area contributed by atoms with Crippen molar-refractivity contribution in [2.24, 2.45) is 0 Å². The molecule has 94 valence electrons. The van der Waals surface area contributed by atoms with Crippen LogP contribution in [0.3, 0.4) is 0 Å². The molecule has 0 atom stereocenters. The second-order valence-corrected chi connectivity index (χ2v) is 3.54. The zero-order chi connectivity index (χ0) is 13.1. The van der Waals surface area contributed by atoms with E-state index >= 15 is 0 Å². The molecule has 0 saturated carbocycles. The van der Waals surface area contributed by atoms with Gasteiger partial charge in [0.2, 0.25) is 11.9 Å². The number of furan rings is 1. The van der Waals surface area contributed by atoms with Crippen LogP contribution in [0.15, 0.2) is 28.9 Å². The van der Waals surface area contributed by atoms with E-state index in [1.165, 1.54) is 12.3 Å². The van der Waals surface area contributed by atoms with Crippen LogP contribution < -0.4 is 5.32 Å². The summed E-state index contributed by atoms with van der Waals surface area (Å²) in [5.41, 5.74) is 0.144. The van der Waals surface area contributed by atoms with E-state index in [0.29, 0.717) is 17.7 Å². The number of hydrogen-bond donors (Lipinski definition) is 1. The summed E-state index contributed by atoms with van der Waals surface area (Å²) >= 11 is 0. The van der Waals surface area contributed by atoms with Crippen LogP contribution in [0.4, 0.5) is 14.5 Å². The number of nitrogens with one attached hydrogen (secondary N) is 1. The van der Waals surface area contributed by atoms with Gasteiger partial charge in [-0.25, -0.2) is 0 Å². The Labute approximate surface area is 102 Å². The van der Waals surface area contributed by atoms with Crippen LogP contribution in [0.25, 0.3) is 0 Å². The SMILES string of the molecule is CCc1occc1C(=O)Nc1ccc(F)nc1F. The van der Waals surface area contributed by atoms with Crippen molar-refractivity contribution in [2.45, 2.75) is 13.3 Å². The van der Waals surface area contributed by atoms with Gasteiger partial charge in [0.05, 0.1) is 17.5 Å². The van der Waals surface area contributed by atoms with Gasteiger partial charge in [0, 0.05) is 6.42 Å². The molecule has 0 bridgehead atoms. The van der Waals surface area contributed by atoms with Gasteiger partial charge >= 0.3 is 0 Å². The lowest BCUT2D eigenvalue weighted by Crippen LogP contribution is -2.14. The summed E-state index contributed by atoms with van der Waals surface area (Å²) in [5.74, 6) is -2.02. The Balaban J connectivity index is 2.21. The first-order valence-electron chi connectivity index (χ1n) is 5.31. The van der Waals surface area contributed by atoms with E-state index in [2.05, 4.69) is 10.3 Å². The molecule has 6 heteroatoms. The number of anilines is 1. The van der Waals surface area contributed by atoms with Crippen molar-refractivity contribution in [2.75, 3.05) is 5.32 Å². The zero-order valence-corrected chi connectivity index (χ0v) is 9.54. The minimum atomic E-state index is -1.06. The maximum Gasteiger partial charge on any atom is 0.259 e. The molecule has 4 nitrogen and oxygen atoms in total. The molecule has 2 rings (SSSR count). The average molecular weight is 252 g/mol. The van der Waals surface area contributed by atoms with Crippen molar-refractivity contribution in [3.05, 3.63) is 47.7 Å². The third-order valence-electron chi connectivity index (χ3n) is 2.37. The monoisotopic (exact) mass is 252 g/mol. The second-order valence-electron chi connectivity index (χ2n) is 3.54. The average Bonchev–Trinajstić information content (AvgIpc) is 2.81. The molecule has 0 fully saturated rings. The first-order chi connectivity index (χ1) is 8.61. The van der Waals surface area contributed by atoms with Gasteiger partial charge in [-0.1, -0.05) is 6.92 Å². The number of carbonyl (C=O) groups is 1. The Bertz CT molecular complexity index is 581. The fourth-order valence-corrected chi connectivity index (χ4v) is 1.51. The Kier molecular flexibility index (Phi) is 3.36. The quantitative estimate of drug-likeness (QED) is 0.854. The molecule has 2 aromatic rings. The molecule has 1 amide bonds. The number of carbonyl (C=O) groups excluding carboxylic acids is 1. The molecule has 0 aliphatic heterocycles. The maximum absolute atomic E-state index is 13.2.